The first kappa shape index (κ1) is 19.6. The first-order valence-corrected chi connectivity index (χ1v) is 9.22. The van der Waals surface area contributed by atoms with Crippen molar-refractivity contribution < 1.29 is 20.1 Å². The lowest BCUT2D eigenvalue weighted by atomic mass is 9.83. The van der Waals surface area contributed by atoms with Crippen molar-refractivity contribution in [2.45, 2.75) is 89.1 Å². The Bertz CT molecular complexity index is 494. The topological polar surface area (TPSA) is 69.9 Å². The zero-order valence-electron chi connectivity index (χ0n) is 15.6. The lowest BCUT2D eigenvalue weighted by molar-refractivity contribution is -0.145. The third-order valence-electron chi connectivity index (χ3n) is 5.87. The molecule has 2 rings (SSSR count). The van der Waals surface area contributed by atoms with E-state index in [4.69, 9.17) is 4.74 Å². The van der Waals surface area contributed by atoms with Gasteiger partial charge in [0.1, 0.15) is 0 Å². The van der Waals surface area contributed by atoms with Crippen LogP contribution in [0.3, 0.4) is 0 Å². The molecule has 4 atom stereocenters. The second-order valence-corrected chi connectivity index (χ2v) is 8.33. The molecule has 24 heavy (non-hydrogen) atoms. The lowest BCUT2D eigenvalue weighted by Crippen LogP contribution is -2.44. The van der Waals surface area contributed by atoms with Crippen molar-refractivity contribution in [2.24, 2.45) is 5.92 Å². The van der Waals surface area contributed by atoms with Crippen LogP contribution in [-0.4, -0.2) is 44.8 Å². The molecule has 2 aliphatic rings. The van der Waals surface area contributed by atoms with Crippen LogP contribution in [0.4, 0.5) is 0 Å². The minimum atomic E-state index is -0.909. The van der Waals surface area contributed by atoms with Crippen molar-refractivity contribution in [2.75, 3.05) is 6.61 Å². The highest BCUT2D eigenvalue weighted by atomic mass is 16.5. The molecule has 0 spiro atoms. The molecule has 2 heterocycles. The molecule has 3 N–H and O–H groups in total. The van der Waals surface area contributed by atoms with Gasteiger partial charge in [0.2, 0.25) is 0 Å². The van der Waals surface area contributed by atoms with E-state index in [0.717, 1.165) is 18.4 Å². The summed E-state index contributed by atoms with van der Waals surface area (Å²) in [6.45, 7) is 8.04. The molecule has 4 heteroatoms. The van der Waals surface area contributed by atoms with Gasteiger partial charge in [-0.05, 0) is 63.9 Å². The predicted octanol–water partition coefficient (Wildman–Crippen LogP) is 3.11. The molecule has 0 amide bonds. The molecule has 0 aromatic rings. The number of aliphatic hydroxyl groups is 3. The van der Waals surface area contributed by atoms with Gasteiger partial charge in [-0.1, -0.05) is 32.1 Å². The maximum atomic E-state index is 10.7. The van der Waals surface area contributed by atoms with E-state index in [1.165, 1.54) is 0 Å². The maximum absolute atomic E-state index is 10.7. The second kappa shape index (κ2) is 7.28. The number of fused-ring (bicyclic) bond motifs is 2. The number of aliphatic hydroxyl groups excluding tert-OH is 2. The molecule has 0 aliphatic carbocycles. The van der Waals surface area contributed by atoms with Crippen molar-refractivity contribution in [3.8, 4) is 0 Å². The smallest absolute Gasteiger partial charge is 0.0925 e. The average molecular weight is 338 g/mol. The highest BCUT2D eigenvalue weighted by Crippen LogP contribution is 2.46. The van der Waals surface area contributed by atoms with Gasteiger partial charge in [-0.25, -0.2) is 0 Å². The van der Waals surface area contributed by atoms with Crippen molar-refractivity contribution in [1.82, 2.24) is 0 Å². The largest absolute Gasteiger partial charge is 0.392 e. The highest BCUT2D eigenvalue weighted by molar-refractivity contribution is 5.16. The first-order chi connectivity index (χ1) is 11.1. The summed E-state index contributed by atoms with van der Waals surface area (Å²) in [7, 11) is 0. The molecule has 4 unspecified atom stereocenters. The fraction of sp³-hybridized carbons (Fsp3) is 0.800. The Hall–Kier alpha value is -0.680. The summed E-state index contributed by atoms with van der Waals surface area (Å²) in [6, 6.07) is 0. The third kappa shape index (κ3) is 4.29. The Labute approximate surface area is 146 Å². The second-order valence-electron chi connectivity index (χ2n) is 8.33. The average Bonchev–Trinajstić information content (AvgIpc) is 2.88. The molecule has 138 valence electrons. The first-order valence-electron chi connectivity index (χ1n) is 9.22. The van der Waals surface area contributed by atoms with Crippen molar-refractivity contribution >= 4 is 0 Å². The Morgan fingerprint density at radius 3 is 2.54 bits per heavy atom. The normalized spacial score (nSPS) is 41.5. The molecule has 2 aliphatic heterocycles. The standard InChI is InChI=1S/C20H34O4/c1-15(2)20-12-10-18(3,23)9-5-6-16(14-21)7-8-17(22)19(4,24-20)11-13-20/h6,10,12,15,17,21-23H,5,7-9,11,13-14H2,1-4H3. The van der Waals surface area contributed by atoms with Gasteiger partial charge in [0.25, 0.3) is 0 Å². The van der Waals surface area contributed by atoms with Gasteiger partial charge in [-0.3, -0.25) is 0 Å². The Kier molecular flexibility index (Phi) is 5.96. The maximum Gasteiger partial charge on any atom is 0.0925 e. The molecule has 4 nitrogen and oxygen atoms in total. The van der Waals surface area contributed by atoms with Crippen LogP contribution in [0, 0.1) is 5.92 Å². The number of hydrogen-bond acceptors (Lipinski definition) is 4. The van der Waals surface area contributed by atoms with Crippen molar-refractivity contribution in [1.29, 1.82) is 0 Å². The van der Waals surface area contributed by atoms with Gasteiger partial charge >= 0.3 is 0 Å². The molecule has 0 aromatic carbocycles. The van der Waals surface area contributed by atoms with Crippen LogP contribution in [0.2, 0.25) is 0 Å². The van der Waals surface area contributed by atoms with Gasteiger partial charge in [-0.2, -0.15) is 0 Å². The summed E-state index contributed by atoms with van der Waals surface area (Å²) in [5, 5.41) is 30.9. The fourth-order valence-corrected chi connectivity index (χ4v) is 3.78. The van der Waals surface area contributed by atoms with Crippen LogP contribution in [0.1, 0.15) is 66.2 Å². The summed E-state index contributed by atoms with van der Waals surface area (Å²) in [5.41, 5.74) is -1.02. The van der Waals surface area contributed by atoms with Crippen molar-refractivity contribution in [3.05, 3.63) is 23.8 Å². The van der Waals surface area contributed by atoms with Crippen LogP contribution < -0.4 is 0 Å². The highest BCUT2D eigenvalue weighted by Gasteiger charge is 2.50. The third-order valence-corrected chi connectivity index (χ3v) is 5.87. The summed E-state index contributed by atoms with van der Waals surface area (Å²) >= 11 is 0. The lowest BCUT2D eigenvalue weighted by Gasteiger charge is -2.37. The van der Waals surface area contributed by atoms with Crippen molar-refractivity contribution in [3.63, 3.8) is 0 Å². The molecule has 0 saturated carbocycles. The van der Waals surface area contributed by atoms with E-state index >= 15 is 0 Å². The fourth-order valence-electron chi connectivity index (χ4n) is 3.78. The van der Waals surface area contributed by atoms with Crippen LogP contribution in [-0.2, 0) is 4.74 Å². The van der Waals surface area contributed by atoms with Gasteiger partial charge < -0.3 is 20.1 Å². The quantitative estimate of drug-likeness (QED) is 0.677. The van der Waals surface area contributed by atoms with E-state index in [1.54, 1.807) is 0 Å². The van der Waals surface area contributed by atoms with E-state index in [-0.39, 0.29) is 12.5 Å². The Morgan fingerprint density at radius 2 is 1.92 bits per heavy atom. The van der Waals surface area contributed by atoms with Crippen LogP contribution in [0.5, 0.6) is 0 Å². The predicted molar refractivity (Wildman–Crippen MR) is 95.7 cm³/mol. The summed E-state index contributed by atoms with van der Waals surface area (Å²) in [5.74, 6) is 0.259. The molecular formula is C20H34O4. The number of allylic oxidation sites excluding steroid dienone is 1. The van der Waals surface area contributed by atoms with Gasteiger partial charge in [0.05, 0.1) is 29.5 Å². The molecule has 0 aromatic heterocycles. The van der Waals surface area contributed by atoms with E-state index in [9.17, 15) is 15.3 Å². The molecule has 1 fully saturated rings. The molecular weight excluding hydrogens is 304 g/mol. The van der Waals surface area contributed by atoms with Gasteiger partial charge in [-0.15, -0.1) is 0 Å². The Balaban J connectivity index is 2.34. The summed E-state index contributed by atoms with van der Waals surface area (Å²) < 4.78 is 6.46. The van der Waals surface area contributed by atoms with E-state index < -0.39 is 22.9 Å². The Morgan fingerprint density at radius 1 is 1.21 bits per heavy atom. The number of hydrogen-bond donors (Lipinski definition) is 3. The zero-order chi connectivity index (χ0) is 18.0. The van der Waals surface area contributed by atoms with Gasteiger partial charge in [0, 0.05) is 0 Å². The monoisotopic (exact) mass is 338 g/mol. The zero-order valence-corrected chi connectivity index (χ0v) is 15.6. The van der Waals surface area contributed by atoms with E-state index in [1.807, 2.05) is 32.1 Å². The SMILES string of the molecule is CC(C)C12C=CC(C)(O)CCC=C(CO)CCC(O)C(C)(CC1)O2. The minimum Gasteiger partial charge on any atom is -0.392 e. The summed E-state index contributed by atoms with van der Waals surface area (Å²) in [6.07, 6.45) is 9.47. The van der Waals surface area contributed by atoms with E-state index in [2.05, 4.69) is 13.8 Å². The van der Waals surface area contributed by atoms with Crippen LogP contribution >= 0.6 is 0 Å². The van der Waals surface area contributed by atoms with E-state index in [0.29, 0.717) is 25.7 Å². The van der Waals surface area contributed by atoms with Crippen LogP contribution in [0.25, 0.3) is 0 Å². The number of rotatable bonds is 2. The molecule has 1 saturated heterocycles. The number of ether oxygens (including phenoxy) is 1. The molecule has 2 bridgehead atoms. The van der Waals surface area contributed by atoms with Gasteiger partial charge in [0.15, 0.2) is 0 Å². The minimum absolute atomic E-state index is 0.00178. The van der Waals surface area contributed by atoms with Crippen LogP contribution in [0.15, 0.2) is 23.8 Å². The summed E-state index contributed by atoms with van der Waals surface area (Å²) in [4.78, 5) is 0. The molecule has 0 radical (unpaired) electrons.